The number of halogens is 1. The molecule has 0 amide bonds. The second-order valence-electron chi connectivity index (χ2n) is 4.42. The van der Waals surface area contributed by atoms with Crippen molar-refractivity contribution in [1.82, 2.24) is 14.6 Å². The zero-order valence-electron chi connectivity index (χ0n) is 11.2. The second kappa shape index (κ2) is 5.90. The Morgan fingerprint density at radius 2 is 2.24 bits per heavy atom. The molecule has 5 nitrogen and oxygen atoms in total. The average Bonchev–Trinajstić information content (AvgIpc) is 2.95. The monoisotopic (exact) mass is 324 g/mol. The van der Waals surface area contributed by atoms with Gasteiger partial charge in [0.15, 0.2) is 0 Å². The van der Waals surface area contributed by atoms with Crippen molar-refractivity contribution >= 4 is 32.2 Å². The molecule has 110 valence electrons. The lowest BCUT2D eigenvalue weighted by Crippen LogP contribution is -2.12. The first-order valence-electron chi connectivity index (χ1n) is 6.33. The van der Waals surface area contributed by atoms with Gasteiger partial charge in [0.05, 0.1) is 27.6 Å². The number of imidazole rings is 1. The van der Waals surface area contributed by atoms with Crippen LogP contribution in [0.25, 0.3) is 4.96 Å². The van der Waals surface area contributed by atoms with Gasteiger partial charge in [-0.05, 0) is 19.1 Å². The summed E-state index contributed by atoms with van der Waals surface area (Å²) in [6, 6.07) is 6.13. The molecule has 1 aromatic carbocycles. The van der Waals surface area contributed by atoms with Crippen molar-refractivity contribution in [2.75, 3.05) is 17.6 Å². The van der Waals surface area contributed by atoms with Gasteiger partial charge in [-0.3, -0.25) is 4.21 Å². The summed E-state index contributed by atoms with van der Waals surface area (Å²) in [6.45, 7) is 2.36. The molecule has 0 saturated heterocycles. The molecular formula is C13H13FN4OS2. The molecule has 2 heterocycles. The maximum absolute atomic E-state index is 13.5. The SMILES string of the molecule is Cc1cn2nc(NCC[S@@](=O)c3ccccc3F)sc2n1. The van der Waals surface area contributed by atoms with Gasteiger partial charge in [0.1, 0.15) is 5.82 Å². The molecule has 0 fully saturated rings. The van der Waals surface area contributed by atoms with E-state index in [-0.39, 0.29) is 4.90 Å². The molecule has 1 N–H and O–H groups in total. The van der Waals surface area contributed by atoms with E-state index in [4.69, 9.17) is 0 Å². The van der Waals surface area contributed by atoms with E-state index in [1.165, 1.54) is 17.4 Å². The first kappa shape index (κ1) is 14.2. The predicted octanol–water partition coefficient (Wildman–Crippen LogP) is 2.46. The van der Waals surface area contributed by atoms with E-state index in [0.29, 0.717) is 17.4 Å². The van der Waals surface area contributed by atoms with Crippen LogP contribution in [0.5, 0.6) is 0 Å². The van der Waals surface area contributed by atoms with Crippen molar-refractivity contribution < 1.29 is 8.60 Å². The van der Waals surface area contributed by atoms with Crippen molar-refractivity contribution in [3.8, 4) is 0 Å². The first-order chi connectivity index (χ1) is 10.1. The molecule has 1 atom stereocenters. The number of aryl methyl sites for hydroxylation is 1. The van der Waals surface area contributed by atoms with Crippen molar-refractivity contribution in [1.29, 1.82) is 0 Å². The van der Waals surface area contributed by atoms with Crippen LogP contribution in [0.4, 0.5) is 9.52 Å². The van der Waals surface area contributed by atoms with E-state index in [9.17, 15) is 8.60 Å². The smallest absolute Gasteiger partial charge is 0.214 e. The molecule has 0 spiro atoms. The van der Waals surface area contributed by atoms with Crippen LogP contribution in [-0.2, 0) is 10.8 Å². The number of anilines is 1. The molecule has 0 aliphatic carbocycles. The molecule has 8 heteroatoms. The van der Waals surface area contributed by atoms with Crippen LogP contribution >= 0.6 is 11.3 Å². The Kier molecular flexibility index (Phi) is 3.98. The fourth-order valence-corrected chi connectivity index (χ4v) is 3.75. The fourth-order valence-electron chi connectivity index (χ4n) is 1.87. The Hall–Kier alpha value is -1.80. The van der Waals surface area contributed by atoms with Crippen molar-refractivity contribution in [3.05, 3.63) is 42.0 Å². The van der Waals surface area contributed by atoms with E-state index in [0.717, 1.165) is 10.7 Å². The molecule has 0 bridgehead atoms. The van der Waals surface area contributed by atoms with Crippen molar-refractivity contribution in [2.24, 2.45) is 0 Å². The van der Waals surface area contributed by atoms with E-state index in [1.54, 1.807) is 22.7 Å². The second-order valence-corrected chi connectivity index (χ2v) is 6.92. The molecular weight excluding hydrogens is 311 g/mol. The average molecular weight is 324 g/mol. The van der Waals surface area contributed by atoms with Gasteiger partial charge >= 0.3 is 0 Å². The summed E-state index contributed by atoms with van der Waals surface area (Å²) in [4.78, 5) is 5.36. The molecule has 0 aliphatic heterocycles. The zero-order valence-corrected chi connectivity index (χ0v) is 12.9. The standard InChI is InChI=1S/C13H13FN4OS2/c1-9-8-18-13(16-9)20-12(17-18)15-6-7-21(19)11-5-3-2-4-10(11)14/h2-5,8H,6-7H2,1H3,(H,15,17)/t21-/m1/s1. The lowest BCUT2D eigenvalue weighted by molar-refractivity contribution is 0.595. The molecule has 0 saturated carbocycles. The number of benzene rings is 1. The highest BCUT2D eigenvalue weighted by Gasteiger charge is 2.10. The molecule has 3 rings (SSSR count). The molecule has 3 aromatic rings. The highest BCUT2D eigenvalue weighted by atomic mass is 32.2. The van der Waals surface area contributed by atoms with Gasteiger partial charge in [0, 0.05) is 12.3 Å². The van der Waals surface area contributed by atoms with Gasteiger partial charge in [-0.25, -0.2) is 13.9 Å². The number of nitrogens with zero attached hydrogens (tertiary/aromatic N) is 3. The minimum absolute atomic E-state index is 0.240. The zero-order chi connectivity index (χ0) is 14.8. The summed E-state index contributed by atoms with van der Waals surface area (Å²) >= 11 is 1.43. The molecule has 21 heavy (non-hydrogen) atoms. The van der Waals surface area contributed by atoms with Crippen LogP contribution < -0.4 is 5.32 Å². The van der Waals surface area contributed by atoms with E-state index < -0.39 is 16.6 Å². The number of rotatable bonds is 5. The highest BCUT2D eigenvalue weighted by molar-refractivity contribution is 7.85. The maximum atomic E-state index is 13.5. The summed E-state index contributed by atoms with van der Waals surface area (Å²) in [7, 11) is -1.36. The topological polar surface area (TPSA) is 59.3 Å². The van der Waals surface area contributed by atoms with Gasteiger partial charge in [-0.1, -0.05) is 23.5 Å². The van der Waals surface area contributed by atoms with Crippen LogP contribution in [0.15, 0.2) is 35.4 Å². The van der Waals surface area contributed by atoms with Gasteiger partial charge in [0.2, 0.25) is 10.1 Å². The molecule has 0 aliphatic rings. The third-order valence-electron chi connectivity index (χ3n) is 2.81. The lowest BCUT2D eigenvalue weighted by atomic mass is 10.3. The predicted molar refractivity (Wildman–Crippen MR) is 81.8 cm³/mol. The minimum atomic E-state index is -1.36. The van der Waals surface area contributed by atoms with Crippen LogP contribution in [0.2, 0.25) is 0 Å². The normalized spacial score (nSPS) is 12.7. The molecule has 2 aromatic heterocycles. The summed E-state index contributed by atoms with van der Waals surface area (Å²) in [6.07, 6.45) is 1.84. The Morgan fingerprint density at radius 1 is 1.43 bits per heavy atom. The van der Waals surface area contributed by atoms with Crippen LogP contribution in [0, 0.1) is 12.7 Å². The van der Waals surface area contributed by atoms with E-state index >= 15 is 0 Å². The summed E-state index contributed by atoms with van der Waals surface area (Å²) in [5, 5.41) is 8.11. The minimum Gasteiger partial charge on any atom is -0.359 e. The summed E-state index contributed by atoms with van der Waals surface area (Å²) in [5.41, 5.74) is 0.918. The third kappa shape index (κ3) is 3.11. The van der Waals surface area contributed by atoms with Crippen LogP contribution in [0.3, 0.4) is 0 Å². The first-order valence-corrected chi connectivity index (χ1v) is 8.46. The Morgan fingerprint density at radius 3 is 3.00 bits per heavy atom. The van der Waals surface area contributed by atoms with Gasteiger partial charge in [-0.2, -0.15) is 0 Å². The number of fused-ring (bicyclic) bond motifs is 1. The van der Waals surface area contributed by atoms with E-state index in [1.807, 2.05) is 13.1 Å². The van der Waals surface area contributed by atoms with Gasteiger partial charge in [0.25, 0.3) is 0 Å². The van der Waals surface area contributed by atoms with Gasteiger partial charge < -0.3 is 5.32 Å². The highest BCUT2D eigenvalue weighted by Crippen LogP contribution is 2.19. The summed E-state index contributed by atoms with van der Waals surface area (Å²) in [5.74, 6) is -0.110. The number of nitrogens with one attached hydrogen (secondary N) is 1. The number of hydrogen-bond acceptors (Lipinski definition) is 5. The molecule has 0 unspecified atom stereocenters. The maximum Gasteiger partial charge on any atom is 0.214 e. The number of aromatic nitrogens is 3. The Labute approximate surface area is 127 Å². The van der Waals surface area contributed by atoms with Crippen molar-refractivity contribution in [3.63, 3.8) is 0 Å². The van der Waals surface area contributed by atoms with Crippen LogP contribution in [-0.4, -0.2) is 31.1 Å². The van der Waals surface area contributed by atoms with Gasteiger partial charge in [-0.15, -0.1) is 5.10 Å². The Balaban J connectivity index is 1.59. The number of hydrogen-bond donors (Lipinski definition) is 1. The summed E-state index contributed by atoms with van der Waals surface area (Å²) < 4.78 is 27.2. The van der Waals surface area contributed by atoms with E-state index in [2.05, 4.69) is 15.4 Å². The fraction of sp³-hybridized carbons (Fsp3) is 0.231. The quantitative estimate of drug-likeness (QED) is 0.783. The lowest BCUT2D eigenvalue weighted by Gasteiger charge is -2.04. The van der Waals surface area contributed by atoms with Crippen molar-refractivity contribution in [2.45, 2.75) is 11.8 Å². The largest absolute Gasteiger partial charge is 0.359 e. The molecule has 0 radical (unpaired) electrons. The van der Waals surface area contributed by atoms with Crippen LogP contribution in [0.1, 0.15) is 5.69 Å². The Bertz CT molecular complexity index is 767. The third-order valence-corrected chi connectivity index (χ3v) is 5.09.